The number of hydrogen-bond acceptors (Lipinski definition) is 2. The molecule has 0 saturated heterocycles. The van der Waals surface area contributed by atoms with Crippen molar-refractivity contribution < 1.29 is 115 Å². The van der Waals surface area contributed by atoms with Gasteiger partial charge in [0.15, 0.2) is 6.54 Å². The van der Waals surface area contributed by atoms with Gasteiger partial charge in [-0.1, -0.05) is 91.0 Å². The summed E-state index contributed by atoms with van der Waals surface area (Å²) < 4.78 is 351. The van der Waals surface area contributed by atoms with E-state index in [9.17, 15) is 105 Å². The van der Waals surface area contributed by atoms with E-state index >= 15 is 0 Å². The van der Waals surface area contributed by atoms with Crippen LogP contribution >= 0.6 is 11.3 Å². The minimum atomic E-state index is -6.13. The van der Waals surface area contributed by atoms with Crippen molar-refractivity contribution in [2.75, 3.05) is 0 Å². The van der Waals surface area contributed by atoms with Gasteiger partial charge in [0.05, 0.1) is 44.5 Å². The van der Waals surface area contributed by atoms with Gasteiger partial charge in [0.1, 0.15) is 16.9 Å². The van der Waals surface area contributed by atoms with Crippen molar-refractivity contribution in [1.82, 2.24) is 0 Å². The number of fused-ring (bicyclic) bond motifs is 1. The Bertz CT molecular complexity index is 2860. The van der Waals surface area contributed by atoms with E-state index < -0.39 is 195 Å². The molecule has 0 aliphatic heterocycles. The predicted molar refractivity (Wildman–Crippen MR) is 241 cm³/mol. The standard InChI is InChI=1S/C32H12BF24.C19H20NOS/c34-25(35,36)13-1-14(26(37,38)39)6-21(5-13)33(22-7-15(27(40,41)42)2-16(8-22)28(43,44)45,23-9-17(29(46,47)48)3-18(10-23)30(49,50)51)24-11-19(31(52,53)54)4-20(12-24)32(55,56)57;1-2-8-15(9-3-1)14-20-17-12-6-7-13-18(17)22-19(20)21-16-10-4-5-11-16/h1-12H;1-3,6-9,12-13,16H,4-5,10-11,14H2/q-1;+1. The van der Waals surface area contributed by atoms with Gasteiger partial charge >= 0.3 is 54.6 Å². The number of rotatable bonds is 8. The second-order valence-electron chi connectivity index (χ2n) is 18.2. The number of hydrogen-bond donors (Lipinski definition) is 0. The summed E-state index contributed by atoms with van der Waals surface area (Å²) in [6, 6.07) is 10.4. The van der Waals surface area contributed by atoms with E-state index in [-0.39, 0.29) is 0 Å². The van der Waals surface area contributed by atoms with Crippen molar-refractivity contribution >= 4 is 49.6 Å². The summed E-state index contributed by atoms with van der Waals surface area (Å²) >= 11 is 1.77. The summed E-state index contributed by atoms with van der Waals surface area (Å²) in [5.41, 5.74) is -27.6. The quantitative estimate of drug-likeness (QED) is 0.0840. The highest BCUT2D eigenvalue weighted by Gasteiger charge is 2.47. The van der Waals surface area contributed by atoms with E-state index in [0.29, 0.717) is 6.10 Å². The van der Waals surface area contributed by atoms with E-state index in [2.05, 4.69) is 59.2 Å². The van der Waals surface area contributed by atoms with Gasteiger partial charge in [0, 0.05) is 11.6 Å². The molecular formula is C51H32BF24NOS. The molecule has 79 heavy (non-hydrogen) atoms. The van der Waals surface area contributed by atoms with Crippen LogP contribution in [0.3, 0.4) is 0 Å². The van der Waals surface area contributed by atoms with Crippen molar-refractivity contribution in [3.63, 3.8) is 0 Å². The second kappa shape index (κ2) is 21.1. The molecule has 7 aromatic rings. The fourth-order valence-corrected chi connectivity index (χ4v) is 10.3. The highest BCUT2D eigenvalue weighted by Crippen LogP contribution is 2.42. The SMILES string of the molecule is FC(F)(F)c1cc([B-](c2cc(C(F)(F)F)cc(C(F)(F)F)c2)(c2cc(C(F)(F)F)cc(C(F)(F)F)c2)c2cc(C(F)(F)F)cc(C(F)(F)F)c2)cc(C(F)(F)F)c1.c1ccc(C[n+]2c(OC3CCCC3)sc3ccccc32)cc1. The number of ether oxygens (including phenoxy) is 1. The molecule has 0 radical (unpaired) electrons. The van der Waals surface area contributed by atoms with E-state index in [1.165, 1.54) is 41.5 Å². The molecule has 1 aliphatic carbocycles. The van der Waals surface area contributed by atoms with E-state index in [4.69, 9.17) is 4.74 Å². The molecule has 28 heteroatoms. The second-order valence-corrected chi connectivity index (χ2v) is 19.1. The van der Waals surface area contributed by atoms with Gasteiger partial charge in [-0.3, -0.25) is 0 Å². The zero-order chi connectivity index (χ0) is 58.7. The number of benzene rings is 6. The average molecular weight is 1170 g/mol. The fourth-order valence-electron chi connectivity index (χ4n) is 9.24. The third-order valence-corrected chi connectivity index (χ3v) is 13.8. The molecule has 0 bridgehead atoms. The van der Waals surface area contributed by atoms with E-state index in [1.807, 2.05) is 0 Å². The lowest BCUT2D eigenvalue weighted by molar-refractivity contribution is -0.664. The molecule has 1 heterocycles. The lowest BCUT2D eigenvalue weighted by atomic mass is 9.12. The van der Waals surface area contributed by atoms with Crippen LogP contribution in [0.15, 0.2) is 127 Å². The van der Waals surface area contributed by atoms with Gasteiger partial charge in [-0.15, -0.1) is 4.57 Å². The summed E-state index contributed by atoms with van der Waals surface area (Å²) in [7, 11) is 0. The van der Waals surface area contributed by atoms with Crippen molar-refractivity contribution in [3.8, 4) is 5.19 Å². The fraction of sp³-hybridized carbons (Fsp3) is 0.275. The smallest absolute Gasteiger partial charge is 0.432 e. The van der Waals surface area contributed by atoms with Gasteiger partial charge in [0.25, 0.3) is 0 Å². The molecule has 6 aromatic carbocycles. The molecule has 1 aliphatic rings. The molecular weight excluding hydrogens is 1140 g/mol. The zero-order valence-electron chi connectivity index (χ0n) is 39.1. The summed E-state index contributed by atoms with van der Waals surface area (Å²) in [6.45, 7) is 0.868. The third-order valence-electron chi connectivity index (χ3n) is 12.8. The zero-order valence-corrected chi connectivity index (χ0v) is 40.0. The highest BCUT2D eigenvalue weighted by atomic mass is 32.1. The van der Waals surface area contributed by atoms with Crippen molar-refractivity contribution in [2.24, 2.45) is 0 Å². The Morgan fingerprint density at radius 2 is 0.658 bits per heavy atom. The van der Waals surface area contributed by atoms with Crippen LogP contribution in [0.4, 0.5) is 105 Å². The topological polar surface area (TPSA) is 13.1 Å². The number of para-hydroxylation sites is 1. The lowest BCUT2D eigenvalue weighted by Crippen LogP contribution is -2.75. The molecule has 0 N–H and O–H groups in total. The minimum Gasteiger partial charge on any atom is -0.433 e. The van der Waals surface area contributed by atoms with Crippen LogP contribution < -0.4 is 31.2 Å². The summed E-state index contributed by atoms with van der Waals surface area (Å²) in [5, 5.41) is 1.05. The maximum Gasteiger partial charge on any atom is 0.432 e. The molecule has 0 unspecified atom stereocenters. The first-order valence-electron chi connectivity index (χ1n) is 22.6. The first kappa shape index (κ1) is 60.0. The predicted octanol–water partition coefficient (Wildman–Crippen LogP) is 15.8. The Morgan fingerprint density at radius 3 is 0.949 bits per heavy atom. The molecule has 0 spiro atoms. The Balaban J connectivity index is 0.000000336. The first-order valence-corrected chi connectivity index (χ1v) is 23.5. The van der Waals surface area contributed by atoms with E-state index in [1.54, 1.807) is 11.3 Å². The van der Waals surface area contributed by atoms with Gasteiger partial charge in [-0.05, 0) is 67.4 Å². The summed E-state index contributed by atoms with van der Waals surface area (Å²) in [6.07, 6.45) is -49.4. The number of alkyl halides is 24. The van der Waals surface area contributed by atoms with Gasteiger partial charge in [0.2, 0.25) is 5.52 Å². The van der Waals surface area contributed by atoms with E-state index in [0.717, 1.165) is 11.7 Å². The normalized spacial score (nSPS) is 14.6. The van der Waals surface area contributed by atoms with Crippen LogP contribution in [0.1, 0.15) is 75.8 Å². The Hall–Kier alpha value is -6.61. The van der Waals surface area contributed by atoms with Gasteiger partial charge < -0.3 is 4.74 Å². The van der Waals surface area contributed by atoms with Crippen LogP contribution in [0.25, 0.3) is 10.2 Å². The van der Waals surface area contributed by atoms with Crippen LogP contribution in [0, 0.1) is 0 Å². The molecule has 1 aromatic heterocycles. The molecule has 8 rings (SSSR count). The van der Waals surface area contributed by atoms with Crippen molar-refractivity contribution in [2.45, 2.75) is 87.7 Å². The largest absolute Gasteiger partial charge is 0.433 e. The maximum atomic E-state index is 14.2. The monoisotopic (exact) mass is 1170 g/mol. The molecule has 424 valence electrons. The number of aromatic nitrogens is 1. The highest BCUT2D eigenvalue weighted by molar-refractivity contribution is 7.20. The Kier molecular flexibility index (Phi) is 16.1. The van der Waals surface area contributed by atoms with Crippen molar-refractivity contribution in [3.05, 3.63) is 177 Å². The third kappa shape index (κ3) is 13.5. The average Bonchev–Trinajstić information content (AvgIpc) is 4.17. The van der Waals surface area contributed by atoms with Crippen LogP contribution in [-0.2, 0) is 56.0 Å². The van der Waals surface area contributed by atoms with Crippen LogP contribution in [0.2, 0.25) is 0 Å². The molecule has 1 saturated carbocycles. The molecule has 2 nitrogen and oxygen atoms in total. The summed E-state index contributed by atoms with van der Waals surface area (Å²) in [5.74, 6) is 0. The van der Waals surface area contributed by atoms with Crippen LogP contribution in [0.5, 0.6) is 5.19 Å². The first-order chi connectivity index (χ1) is 36.2. The number of thiazole rings is 1. The van der Waals surface area contributed by atoms with Crippen LogP contribution in [-0.4, -0.2) is 12.2 Å². The molecule has 1 fully saturated rings. The van der Waals surface area contributed by atoms with Gasteiger partial charge in [-0.2, -0.15) is 127 Å². The summed E-state index contributed by atoms with van der Waals surface area (Å²) in [4.78, 5) is 0. The lowest BCUT2D eigenvalue weighted by Gasteiger charge is -2.46. The number of nitrogens with zero attached hydrogens (tertiary/aromatic N) is 1. The molecule has 0 atom stereocenters. The van der Waals surface area contributed by atoms with Gasteiger partial charge in [-0.25, -0.2) is 0 Å². The Morgan fingerprint density at radius 1 is 0.380 bits per heavy atom. The minimum absolute atomic E-state index is 0.398. The Labute approximate surface area is 433 Å². The van der Waals surface area contributed by atoms with Crippen molar-refractivity contribution in [1.29, 1.82) is 0 Å². The number of halogens is 24. The molecule has 0 amide bonds. The maximum absolute atomic E-state index is 14.2.